The molecule has 0 radical (unpaired) electrons. The molecule has 1 aromatic carbocycles. The van der Waals surface area contributed by atoms with Crippen LogP contribution < -0.4 is 5.32 Å². The largest absolute Gasteiger partial charge is 0.379 e. The van der Waals surface area contributed by atoms with Crippen LogP contribution >= 0.6 is 0 Å². The highest BCUT2D eigenvalue weighted by atomic mass is 19.1. The van der Waals surface area contributed by atoms with Crippen LogP contribution in [0.3, 0.4) is 0 Å². The van der Waals surface area contributed by atoms with E-state index in [1.54, 1.807) is 23.9 Å². The van der Waals surface area contributed by atoms with Gasteiger partial charge in [-0.2, -0.15) is 0 Å². The molecule has 0 spiro atoms. The number of halogens is 1. The van der Waals surface area contributed by atoms with Gasteiger partial charge in [-0.3, -0.25) is 4.68 Å². The van der Waals surface area contributed by atoms with Crippen LogP contribution in [-0.2, 0) is 13.6 Å². The molecule has 1 N–H and O–H groups in total. The Hall–Kier alpha value is -1.91. The summed E-state index contributed by atoms with van der Waals surface area (Å²) in [7, 11) is 1.82. The summed E-state index contributed by atoms with van der Waals surface area (Å²) < 4.78 is 14.9. The van der Waals surface area contributed by atoms with Crippen LogP contribution in [0.15, 0.2) is 24.4 Å². The van der Waals surface area contributed by atoms with Gasteiger partial charge in [0.1, 0.15) is 5.82 Å². The third-order valence-corrected chi connectivity index (χ3v) is 2.54. The van der Waals surface area contributed by atoms with Crippen LogP contribution in [0, 0.1) is 12.7 Å². The Morgan fingerprint density at radius 2 is 2.25 bits per heavy atom. The van der Waals surface area contributed by atoms with E-state index in [-0.39, 0.29) is 5.82 Å². The van der Waals surface area contributed by atoms with Gasteiger partial charge < -0.3 is 5.32 Å². The molecule has 0 aliphatic carbocycles. The molecule has 16 heavy (non-hydrogen) atoms. The van der Waals surface area contributed by atoms with Crippen molar-refractivity contribution < 1.29 is 4.39 Å². The maximum absolute atomic E-state index is 13.3. The zero-order valence-corrected chi connectivity index (χ0v) is 9.24. The van der Waals surface area contributed by atoms with Gasteiger partial charge in [0.15, 0.2) is 0 Å². The Morgan fingerprint density at radius 3 is 2.94 bits per heavy atom. The minimum atomic E-state index is -0.201. The number of hydrogen-bond donors (Lipinski definition) is 1. The first kappa shape index (κ1) is 10.6. The van der Waals surface area contributed by atoms with E-state index in [9.17, 15) is 4.39 Å². The average molecular weight is 220 g/mol. The average Bonchev–Trinajstić information content (AvgIpc) is 2.67. The van der Waals surface area contributed by atoms with Gasteiger partial charge in [-0.15, -0.1) is 5.10 Å². The lowest BCUT2D eigenvalue weighted by Crippen LogP contribution is -2.06. The van der Waals surface area contributed by atoms with Crippen LogP contribution in [0.2, 0.25) is 0 Å². The van der Waals surface area contributed by atoms with Gasteiger partial charge in [0.2, 0.25) is 0 Å². The monoisotopic (exact) mass is 220 g/mol. The van der Waals surface area contributed by atoms with Crippen LogP contribution in [-0.4, -0.2) is 15.0 Å². The number of rotatable bonds is 3. The maximum Gasteiger partial charge on any atom is 0.128 e. The zero-order chi connectivity index (χ0) is 11.5. The third-order valence-electron chi connectivity index (χ3n) is 2.54. The second kappa shape index (κ2) is 4.30. The Kier molecular flexibility index (Phi) is 2.85. The SMILES string of the molecule is Cc1c(F)cccc1NCc1cnnn1C. The Morgan fingerprint density at radius 1 is 1.44 bits per heavy atom. The predicted octanol–water partition coefficient (Wildman–Crippen LogP) is 1.87. The van der Waals surface area contributed by atoms with E-state index < -0.39 is 0 Å². The molecule has 2 rings (SSSR count). The molecule has 0 saturated heterocycles. The molecule has 0 saturated carbocycles. The number of benzene rings is 1. The lowest BCUT2D eigenvalue weighted by Gasteiger charge is -2.09. The molecule has 0 fully saturated rings. The summed E-state index contributed by atoms with van der Waals surface area (Å²) in [5, 5.41) is 10.8. The van der Waals surface area contributed by atoms with Crippen molar-refractivity contribution >= 4 is 5.69 Å². The highest BCUT2D eigenvalue weighted by Crippen LogP contribution is 2.17. The maximum atomic E-state index is 13.3. The summed E-state index contributed by atoms with van der Waals surface area (Å²) in [5.74, 6) is -0.201. The molecule has 0 aliphatic rings. The molecule has 0 amide bonds. The second-order valence-electron chi connectivity index (χ2n) is 3.61. The molecule has 0 aliphatic heterocycles. The molecule has 4 nitrogen and oxygen atoms in total. The molecule has 1 heterocycles. The normalized spacial score (nSPS) is 10.4. The lowest BCUT2D eigenvalue weighted by atomic mass is 10.2. The fourth-order valence-corrected chi connectivity index (χ4v) is 1.46. The van der Waals surface area contributed by atoms with Crippen LogP contribution in [0.1, 0.15) is 11.3 Å². The topological polar surface area (TPSA) is 42.7 Å². The van der Waals surface area contributed by atoms with E-state index in [0.717, 1.165) is 11.4 Å². The summed E-state index contributed by atoms with van der Waals surface area (Å²) in [6, 6.07) is 4.99. The van der Waals surface area contributed by atoms with Gasteiger partial charge in [-0.05, 0) is 19.1 Å². The summed E-state index contributed by atoms with van der Waals surface area (Å²) >= 11 is 0. The van der Waals surface area contributed by atoms with Crippen molar-refractivity contribution in [3.05, 3.63) is 41.5 Å². The van der Waals surface area contributed by atoms with Crippen LogP contribution in [0.4, 0.5) is 10.1 Å². The number of nitrogens with zero attached hydrogens (tertiary/aromatic N) is 3. The van der Waals surface area contributed by atoms with Gasteiger partial charge in [-0.1, -0.05) is 11.3 Å². The molecule has 0 atom stereocenters. The minimum absolute atomic E-state index is 0.201. The van der Waals surface area contributed by atoms with Crippen molar-refractivity contribution in [3.8, 4) is 0 Å². The van der Waals surface area contributed by atoms with Gasteiger partial charge in [-0.25, -0.2) is 4.39 Å². The number of aromatic nitrogens is 3. The van der Waals surface area contributed by atoms with Gasteiger partial charge in [0.05, 0.1) is 18.4 Å². The minimum Gasteiger partial charge on any atom is -0.379 e. The van der Waals surface area contributed by atoms with Gasteiger partial charge >= 0.3 is 0 Å². The molecule has 84 valence electrons. The van der Waals surface area contributed by atoms with Crippen molar-refractivity contribution in [3.63, 3.8) is 0 Å². The fourth-order valence-electron chi connectivity index (χ4n) is 1.46. The van der Waals surface area contributed by atoms with Gasteiger partial charge in [0.25, 0.3) is 0 Å². The van der Waals surface area contributed by atoms with Crippen molar-refractivity contribution in [2.45, 2.75) is 13.5 Å². The number of hydrogen-bond acceptors (Lipinski definition) is 3. The molecular weight excluding hydrogens is 207 g/mol. The molecule has 1 aromatic heterocycles. The second-order valence-corrected chi connectivity index (χ2v) is 3.61. The van der Waals surface area contributed by atoms with E-state index in [4.69, 9.17) is 0 Å². The standard InChI is InChI=1S/C11H13FN4/c1-8-10(12)4-3-5-11(8)13-6-9-7-14-15-16(9)2/h3-5,7,13H,6H2,1-2H3. The van der Waals surface area contributed by atoms with E-state index in [2.05, 4.69) is 15.6 Å². The number of aryl methyl sites for hydroxylation is 1. The summed E-state index contributed by atoms with van der Waals surface area (Å²) in [6.07, 6.45) is 1.68. The Balaban J connectivity index is 2.11. The van der Waals surface area contributed by atoms with Gasteiger partial charge in [0, 0.05) is 18.3 Å². The smallest absolute Gasteiger partial charge is 0.128 e. The van der Waals surface area contributed by atoms with E-state index >= 15 is 0 Å². The lowest BCUT2D eigenvalue weighted by molar-refractivity contribution is 0.619. The Labute approximate surface area is 93.1 Å². The first-order valence-corrected chi connectivity index (χ1v) is 5.01. The highest BCUT2D eigenvalue weighted by Gasteiger charge is 2.04. The van der Waals surface area contributed by atoms with E-state index in [1.165, 1.54) is 6.07 Å². The van der Waals surface area contributed by atoms with Crippen molar-refractivity contribution in [1.29, 1.82) is 0 Å². The van der Waals surface area contributed by atoms with Crippen molar-refractivity contribution in [2.24, 2.45) is 7.05 Å². The number of nitrogens with one attached hydrogen (secondary N) is 1. The molecule has 0 unspecified atom stereocenters. The van der Waals surface area contributed by atoms with Crippen molar-refractivity contribution in [1.82, 2.24) is 15.0 Å². The molecule has 0 bridgehead atoms. The van der Waals surface area contributed by atoms with E-state index in [0.29, 0.717) is 12.1 Å². The molecule has 2 aromatic rings. The summed E-state index contributed by atoms with van der Waals surface area (Å²) in [6.45, 7) is 2.33. The summed E-state index contributed by atoms with van der Waals surface area (Å²) in [5.41, 5.74) is 2.36. The van der Waals surface area contributed by atoms with Crippen molar-refractivity contribution in [2.75, 3.05) is 5.32 Å². The third kappa shape index (κ3) is 2.03. The quantitative estimate of drug-likeness (QED) is 0.858. The highest BCUT2D eigenvalue weighted by molar-refractivity contribution is 5.50. The molecular formula is C11H13FN4. The van der Waals surface area contributed by atoms with Crippen LogP contribution in [0.5, 0.6) is 0 Å². The first-order chi connectivity index (χ1) is 7.68. The first-order valence-electron chi connectivity index (χ1n) is 5.01. The fraction of sp³-hybridized carbons (Fsp3) is 0.273. The zero-order valence-electron chi connectivity index (χ0n) is 9.24. The number of anilines is 1. The Bertz CT molecular complexity index is 492. The van der Waals surface area contributed by atoms with E-state index in [1.807, 2.05) is 13.1 Å². The molecule has 5 heteroatoms. The summed E-state index contributed by atoms with van der Waals surface area (Å²) in [4.78, 5) is 0. The predicted molar refractivity (Wildman–Crippen MR) is 59.5 cm³/mol. The van der Waals surface area contributed by atoms with Crippen LogP contribution in [0.25, 0.3) is 0 Å².